The van der Waals surface area contributed by atoms with E-state index in [-0.39, 0.29) is 6.61 Å². The molecule has 0 aliphatic carbocycles. The molecule has 0 aromatic heterocycles. The molecule has 10 heteroatoms. The van der Waals surface area contributed by atoms with E-state index < -0.39 is 31.5 Å². The van der Waals surface area contributed by atoms with Gasteiger partial charge in [0.25, 0.3) is 6.64 Å². The van der Waals surface area contributed by atoms with E-state index in [0.29, 0.717) is 18.2 Å². The van der Waals surface area contributed by atoms with E-state index in [0.717, 1.165) is 11.1 Å². The molecular weight excluding hydrogens is 488 g/mol. The van der Waals surface area contributed by atoms with Crippen LogP contribution in [0.1, 0.15) is 50.7 Å². The highest BCUT2D eigenvalue weighted by Gasteiger charge is 2.50. The van der Waals surface area contributed by atoms with Crippen LogP contribution in [0.15, 0.2) is 54.6 Å². The molecule has 2 unspecified atom stereocenters. The Hall–Kier alpha value is -0.590. The molecular formula is C22H30ClNO5P2S. The Morgan fingerprint density at radius 1 is 1.16 bits per heavy atom. The molecule has 2 aromatic rings. The second-order valence-electron chi connectivity index (χ2n) is 8.11. The first-order chi connectivity index (χ1) is 15.1. The van der Waals surface area contributed by atoms with Gasteiger partial charge in [-0.25, -0.2) is 5.09 Å². The number of hydrogen-bond acceptors (Lipinski definition) is 6. The van der Waals surface area contributed by atoms with E-state index >= 15 is 0 Å². The van der Waals surface area contributed by atoms with Crippen molar-refractivity contribution in [2.45, 2.75) is 39.6 Å². The first-order valence-electron chi connectivity index (χ1n) is 10.5. The van der Waals surface area contributed by atoms with E-state index in [1.807, 2.05) is 70.2 Å². The molecule has 32 heavy (non-hydrogen) atoms. The third-order valence-corrected chi connectivity index (χ3v) is 10.3. The van der Waals surface area contributed by atoms with Gasteiger partial charge in [0, 0.05) is 10.4 Å². The molecule has 1 saturated heterocycles. The summed E-state index contributed by atoms with van der Waals surface area (Å²) in [4.78, 5) is 0. The van der Waals surface area contributed by atoms with Crippen LogP contribution in [0.4, 0.5) is 0 Å². The molecule has 3 rings (SSSR count). The maximum absolute atomic E-state index is 14.3. The molecule has 2 aromatic carbocycles. The fourth-order valence-electron chi connectivity index (χ4n) is 3.50. The van der Waals surface area contributed by atoms with E-state index in [1.54, 1.807) is 12.1 Å². The Bertz CT molecular complexity index is 980. The van der Waals surface area contributed by atoms with Gasteiger partial charge in [-0.3, -0.25) is 9.09 Å². The van der Waals surface area contributed by atoms with Crippen LogP contribution in [-0.4, -0.2) is 19.8 Å². The maximum Gasteiger partial charge on any atom is 0.353 e. The summed E-state index contributed by atoms with van der Waals surface area (Å²) in [6.07, 6.45) is -0.468. The SMILES string of the molecule is CCOP(=S)(NC(c1ccccc1)P1(=O)OCC(C)(C)[C@H](c2ccc(Cl)cc2)O1)OCC. The predicted molar refractivity (Wildman–Crippen MR) is 132 cm³/mol. The molecule has 0 spiro atoms. The quantitative estimate of drug-likeness (QED) is 0.352. The predicted octanol–water partition coefficient (Wildman–Crippen LogP) is 7.23. The van der Waals surface area contributed by atoms with Gasteiger partial charge in [0.05, 0.1) is 25.9 Å². The van der Waals surface area contributed by atoms with Crippen molar-refractivity contribution in [2.24, 2.45) is 5.41 Å². The summed E-state index contributed by atoms with van der Waals surface area (Å²) in [5, 5.41) is 3.84. The lowest BCUT2D eigenvalue weighted by molar-refractivity contribution is -0.0300. The lowest BCUT2D eigenvalue weighted by Crippen LogP contribution is -2.36. The van der Waals surface area contributed by atoms with Gasteiger partial charge < -0.3 is 13.6 Å². The van der Waals surface area contributed by atoms with Crippen LogP contribution in [0.5, 0.6) is 0 Å². The van der Waals surface area contributed by atoms with Gasteiger partial charge in [-0.05, 0) is 48.9 Å². The van der Waals surface area contributed by atoms with Crippen LogP contribution in [0.3, 0.4) is 0 Å². The average Bonchev–Trinajstić information content (AvgIpc) is 2.76. The second-order valence-corrected chi connectivity index (χ2v) is 13.8. The van der Waals surface area contributed by atoms with Gasteiger partial charge in [0.15, 0.2) is 0 Å². The van der Waals surface area contributed by atoms with Crippen molar-refractivity contribution in [1.29, 1.82) is 0 Å². The second kappa shape index (κ2) is 10.8. The molecule has 0 amide bonds. The lowest BCUT2D eigenvalue weighted by atomic mass is 9.83. The molecule has 6 nitrogen and oxygen atoms in total. The summed E-state index contributed by atoms with van der Waals surface area (Å²) in [5.74, 6) is -0.849. The molecule has 0 bridgehead atoms. The van der Waals surface area contributed by atoms with E-state index in [2.05, 4.69) is 5.09 Å². The van der Waals surface area contributed by atoms with Crippen molar-refractivity contribution in [3.8, 4) is 0 Å². The minimum Gasteiger partial charge on any atom is -0.318 e. The van der Waals surface area contributed by atoms with Gasteiger partial charge in [-0.1, -0.05) is 67.9 Å². The van der Waals surface area contributed by atoms with Gasteiger partial charge in [-0.15, -0.1) is 0 Å². The minimum atomic E-state index is -3.75. The van der Waals surface area contributed by atoms with Crippen LogP contribution >= 0.6 is 25.8 Å². The minimum absolute atomic E-state index is 0.245. The van der Waals surface area contributed by atoms with Gasteiger partial charge in [-0.2, -0.15) is 0 Å². The molecule has 3 atom stereocenters. The van der Waals surface area contributed by atoms with Crippen molar-refractivity contribution in [2.75, 3.05) is 19.8 Å². The molecule has 1 N–H and O–H groups in total. The van der Waals surface area contributed by atoms with Crippen molar-refractivity contribution < 1.29 is 22.7 Å². The van der Waals surface area contributed by atoms with Crippen LogP contribution in [0.25, 0.3) is 0 Å². The molecule has 0 radical (unpaired) electrons. The van der Waals surface area contributed by atoms with Gasteiger partial charge in [0.1, 0.15) is 5.78 Å². The molecule has 176 valence electrons. The third kappa shape index (κ3) is 6.09. The average molecular weight is 518 g/mol. The summed E-state index contributed by atoms with van der Waals surface area (Å²) >= 11 is 11.8. The van der Waals surface area contributed by atoms with Gasteiger partial charge in [0.2, 0.25) is 0 Å². The maximum atomic E-state index is 14.3. The highest BCUT2D eigenvalue weighted by atomic mass is 35.5. The summed E-state index contributed by atoms with van der Waals surface area (Å²) in [6.45, 7) is 5.74. The lowest BCUT2D eigenvalue weighted by Gasteiger charge is -2.44. The first kappa shape index (κ1) is 26.0. The zero-order chi connectivity index (χ0) is 23.4. The van der Waals surface area contributed by atoms with Crippen molar-refractivity contribution in [1.82, 2.24) is 5.09 Å². The Labute approximate surface area is 200 Å². The highest BCUT2D eigenvalue weighted by Crippen LogP contribution is 2.69. The monoisotopic (exact) mass is 517 g/mol. The molecule has 1 aliphatic heterocycles. The Morgan fingerprint density at radius 3 is 2.31 bits per heavy atom. The Balaban J connectivity index is 2.02. The Morgan fingerprint density at radius 2 is 1.75 bits per heavy atom. The molecule has 1 heterocycles. The number of halogens is 1. The van der Waals surface area contributed by atoms with E-state index in [1.165, 1.54) is 0 Å². The van der Waals surface area contributed by atoms with Crippen molar-refractivity contribution in [3.63, 3.8) is 0 Å². The molecule has 0 saturated carbocycles. The van der Waals surface area contributed by atoms with Crippen molar-refractivity contribution in [3.05, 3.63) is 70.7 Å². The largest absolute Gasteiger partial charge is 0.353 e. The van der Waals surface area contributed by atoms with Crippen LogP contribution in [-0.2, 0) is 34.5 Å². The zero-order valence-electron chi connectivity index (χ0n) is 18.7. The fourth-order valence-corrected chi connectivity index (χ4v) is 9.27. The molecule has 1 aliphatic rings. The topological polar surface area (TPSA) is 66.0 Å². The van der Waals surface area contributed by atoms with Crippen LogP contribution in [0.2, 0.25) is 5.02 Å². The van der Waals surface area contributed by atoms with E-state index in [4.69, 9.17) is 41.5 Å². The molecule has 1 fully saturated rings. The van der Waals surface area contributed by atoms with Crippen LogP contribution < -0.4 is 5.09 Å². The normalized spacial score (nSPS) is 24.2. The standard InChI is InChI=1S/C22H30ClNO5P2S/c1-5-26-31(32,27-6-2)24-21(18-10-8-7-9-11-18)30(25)28-16-22(3,4)20(29-30)17-12-14-19(23)15-13-17/h7-15,20-21H,5-6,16H2,1-4H3,(H,24,32)/t20-,21?,30?/m0/s1. The van der Waals surface area contributed by atoms with Crippen LogP contribution in [0, 0.1) is 5.41 Å². The first-order valence-corrected chi connectivity index (χ1v) is 15.2. The Kier molecular flexibility index (Phi) is 8.76. The summed E-state index contributed by atoms with van der Waals surface area (Å²) in [5.41, 5.74) is 1.19. The summed E-state index contributed by atoms with van der Waals surface area (Å²) in [6, 6.07) is 16.7. The fraction of sp³-hybridized carbons (Fsp3) is 0.455. The number of hydrogen-bond donors (Lipinski definition) is 1. The highest BCUT2D eigenvalue weighted by molar-refractivity contribution is 8.09. The van der Waals surface area contributed by atoms with Gasteiger partial charge >= 0.3 is 7.60 Å². The summed E-state index contributed by atoms with van der Waals surface area (Å²) in [7, 11) is -3.75. The number of benzene rings is 2. The summed E-state index contributed by atoms with van der Waals surface area (Å²) < 4.78 is 38.1. The third-order valence-electron chi connectivity index (χ3n) is 5.06. The zero-order valence-corrected chi connectivity index (χ0v) is 22.1. The van der Waals surface area contributed by atoms with E-state index in [9.17, 15) is 4.57 Å². The van der Waals surface area contributed by atoms with Crippen molar-refractivity contribution >= 4 is 37.6 Å². The number of nitrogens with one attached hydrogen (secondary N) is 1. The number of rotatable bonds is 9. The smallest absolute Gasteiger partial charge is 0.318 e.